The van der Waals surface area contributed by atoms with Crippen LogP contribution in [0, 0.1) is 6.92 Å². The van der Waals surface area contributed by atoms with E-state index in [2.05, 4.69) is 26.7 Å². The Morgan fingerprint density at radius 1 is 1.00 bits per heavy atom. The molecule has 9 heteroatoms. The van der Waals surface area contributed by atoms with Crippen molar-refractivity contribution in [1.29, 1.82) is 0 Å². The predicted molar refractivity (Wildman–Crippen MR) is 141 cm³/mol. The second-order valence-electron chi connectivity index (χ2n) is 8.15. The summed E-state index contributed by atoms with van der Waals surface area (Å²) in [6, 6.07) is 22.6. The van der Waals surface area contributed by atoms with Gasteiger partial charge < -0.3 is 5.32 Å². The molecule has 7 nitrogen and oxygen atoms in total. The fraction of sp³-hybridized carbons (Fsp3) is 0.154. The van der Waals surface area contributed by atoms with Gasteiger partial charge in [0.2, 0.25) is 5.91 Å². The van der Waals surface area contributed by atoms with Crippen molar-refractivity contribution in [3.8, 4) is 0 Å². The highest BCUT2D eigenvalue weighted by molar-refractivity contribution is 9.10. The number of rotatable bonds is 7. The quantitative estimate of drug-likeness (QED) is 0.425. The molecule has 1 fully saturated rings. The minimum absolute atomic E-state index is 0.137. The first-order valence-electron chi connectivity index (χ1n) is 10.9. The zero-order valence-electron chi connectivity index (χ0n) is 18.9. The van der Waals surface area contributed by atoms with Crippen molar-refractivity contribution in [2.45, 2.75) is 25.9 Å². The van der Waals surface area contributed by atoms with E-state index in [1.807, 2.05) is 55.5 Å². The summed E-state index contributed by atoms with van der Waals surface area (Å²) >= 11 is 8.93. The average Bonchev–Trinajstić information content (AvgIpc) is 3.04. The standard InChI is InChI=1S/C26H23BrN4O3S/c1-17-6-5-9-21(14-17)28-23(32)15-22-25(34)30(16-18-7-3-2-4-8-18)26(35)31(22)29-24(33)19-10-12-20(27)13-11-19/h2-14,22H,15-16H2,1H3,(H,28,32)(H,29,33). The van der Waals surface area contributed by atoms with Crippen LogP contribution in [0.25, 0.3) is 0 Å². The average molecular weight is 551 g/mol. The van der Waals surface area contributed by atoms with E-state index in [1.165, 1.54) is 9.91 Å². The zero-order chi connectivity index (χ0) is 24.9. The number of halogens is 1. The van der Waals surface area contributed by atoms with Gasteiger partial charge in [-0.2, -0.15) is 0 Å². The summed E-state index contributed by atoms with van der Waals surface area (Å²) < 4.78 is 0.834. The molecule has 0 bridgehead atoms. The molecule has 1 atom stereocenters. The van der Waals surface area contributed by atoms with Crippen LogP contribution in [0.4, 0.5) is 5.69 Å². The Morgan fingerprint density at radius 3 is 2.40 bits per heavy atom. The predicted octanol–water partition coefficient (Wildman–Crippen LogP) is 4.43. The molecule has 2 N–H and O–H groups in total. The second kappa shape index (κ2) is 10.8. The summed E-state index contributed by atoms with van der Waals surface area (Å²) in [7, 11) is 0. The number of aryl methyl sites for hydroxylation is 1. The highest BCUT2D eigenvalue weighted by Crippen LogP contribution is 2.23. The van der Waals surface area contributed by atoms with Gasteiger partial charge in [-0.05, 0) is 66.7 Å². The number of hydrogen-bond donors (Lipinski definition) is 2. The lowest BCUT2D eigenvalue weighted by molar-refractivity contribution is -0.131. The maximum Gasteiger partial charge on any atom is 0.269 e. The molecule has 0 aliphatic carbocycles. The van der Waals surface area contributed by atoms with Crippen LogP contribution in [0.15, 0.2) is 83.3 Å². The normalized spacial score (nSPS) is 15.3. The highest BCUT2D eigenvalue weighted by Gasteiger charge is 2.44. The topological polar surface area (TPSA) is 81.8 Å². The Kier molecular flexibility index (Phi) is 7.57. The molecule has 178 valence electrons. The van der Waals surface area contributed by atoms with Gasteiger partial charge in [0.25, 0.3) is 11.8 Å². The number of thiocarbonyl (C=S) groups is 1. The minimum atomic E-state index is -0.976. The largest absolute Gasteiger partial charge is 0.326 e. The molecule has 0 radical (unpaired) electrons. The molecule has 1 unspecified atom stereocenters. The van der Waals surface area contributed by atoms with E-state index in [-0.39, 0.29) is 29.9 Å². The summed E-state index contributed by atoms with van der Waals surface area (Å²) in [5.74, 6) is -1.14. The first kappa shape index (κ1) is 24.6. The molecule has 4 rings (SSSR count). The van der Waals surface area contributed by atoms with Crippen LogP contribution in [-0.2, 0) is 16.1 Å². The Morgan fingerprint density at radius 2 is 1.71 bits per heavy atom. The van der Waals surface area contributed by atoms with Crippen molar-refractivity contribution < 1.29 is 14.4 Å². The number of nitrogens with one attached hydrogen (secondary N) is 2. The maximum atomic E-state index is 13.4. The van der Waals surface area contributed by atoms with Gasteiger partial charge in [-0.3, -0.25) is 24.7 Å². The number of benzene rings is 3. The van der Waals surface area contributed by atoms with E-state index in [9.17, 15) is 14.4 Å². The second-order valence-corrected chi connectivity index (χ2v) is 9.43. The number of carbonyl (C=O) groups excluding carboxylic acids is 3. The number of carbonyl (C=O) groups is 3. The van der Waals surface area contributed by atoms with E-state index in [4.69, 9.17) is 12.2 Å². The third-order valence-corrected chi connectivity index (χ3v) is 6.44. The number of amides is 3. The van der Waals surface area contributed by atoms with E-state index in [0.717, 1.165) is 15.6 Å². The van der Waals surface area contributed by atoms with Gasteiger partial charge in [0.05, 0.1) is 13.0 Å². The van der Waals surface area contributed by atoms with Gasteiger partial charge in [-0.1, -0.05) is 58.4 Å². The van der Waals surface area contributed by atoms with Gasteiger partial charge >= 0.3 is 0 Å². The number of hydrogen-bond acceptors (Lipinski definition) is 4. The molecule has 0 saturated carbocycles. The summed E-state index contributed by atoms with van der Waals surface area (Å²) in [5, 5.41) is 4.28. The monoisotopic (exact) mass is 550 g/mol. The molecular formula is C26H23BrN4O3S. The molecule has 1 heterocycles. The van der Waals surface area contributed by atoms with Crippen LogP contribution in [-0.4, -0.2) is 38.8 Å². The Labute approximate surface area is 217 Å². The van der Waals surface area contributed by atoms with Crippen molar-refractivity contribution >= 4 is 56.7 Å². The summed E-state index contributed by atoms with van der Waals surface area (Å²) in [4.78, 5) is 40.6. The molecule has 1 aliphatic heterocycles. The maximum absolute atomic E-state index is 13.4. The molecule has 0 spiro atoms. The van der Waals surface area contributed by atoms with Crippen molar-refractivity contribution in [2.24, 2.45) is 0 Å². The van der Waals surface area contributed by atoms with Gasteiger partial charge in [0, 0.05) is 15.7 Å². The lowest BCUT2D eigenvalue weighted by atomic mass is 10.1. The van der Waals surface area contributed by atoms with Crippen molar-refractivity contribution in [3.05, 3.63) is 100 Å². The Balaban J connectivity index is 1.56. The number of hydrazine groups is 1. The smallest absolute Gasteiger partial charge is 0.269 e. The van der Waals surface area contributed by atoms with Crippen LogP contribution in [0.3, 0.4) is 0 Å². The first-order valence-corrected chi connectivity index (χ1v) is 12.1. The molecule has 1 saturated heterocycles. The molecule has 3 aromatic rings. The summed E-state index contributed by atoms with van der Waals surface area (Å²) in [6.45, 7) is 2.16. The molecule has 3 aromatic carbocycles. The SMILES string of the molecule is Cc1cccc(NC(=O)CC2C(=O)N(Cc3ccccc3)C(=S)N2NC(=O)c2ccc(Br)cc2)c1. The van der Waals surface area contributed by atoms with Gasteiger partial charge in [0.1, 0.15) is 6.04 Å². The van der Waals surface area contributed by atoms with Crippen LogP contribution in [0.5, 0.6) is 0 Å². The van der Waals surface area contributed by atoms with Crippen LogP contribution >= 0.6 is 28.1 Å². The van der Waals surface area contributed by atoms with E-state index >= 15 is 0 Å². The summed E-state index contributed by atoms with van der Waals surface area (Å²) in [5.41, 5.74) is 5.64. The van der Waals surface area contributed by atoms with Crippen LogP contribution in [0.2, 0.25) is 0 Å². The molecular weight excluding hydrogens is 528 g/mol. The molecule has 3 amide bonds. The Bertz CT molecular complexity index is 1270. The Hall–Kier alpha value is -3.56. The third kappa shape index (κ3) is 5.93. The van der Waals surface area contributed by atoms with Crippen LogP contribution < -0.4 is 10.7 Å². The fourth-order valence-electron chi connectivity index (χ4n) is 3.75. The lowest BCUT2D eigenvalue weighted by Crippen LogP contribution is -2.49. The van der Waals surface area contributed by atoms with Gasteiger partial charge in [0.15, 0.2) is 5.11 Å². The third-order valence-electron chi connectivity index (χ3n) is 5.49. The first-order chi connectivity index (χ1) is 16.8. The van der Waals surface area contributed by atoms with Crippen molar-refractivity contribution in [2.75, 3.05) is 5.32 Å². The summed E-state index contributed by atoms with van der Waals surface area (Å²) in [6.07, 6.45) is -0.182. The number of nitrogens with zero attached hydrogens (tertiary/aromatic N) is 2. The van der Waals surface area contributed by atoms with E-state index < -0.39 is 11.9 Å². The van der Waals surface area contributed by atoms with Crippen LogP contribution in [0.1, 0.15) is 27.9 Å². The molecule has 0 aromatic heterocycles. The van der Waals surface area contributed by atoms with E-state index in [0.29, 0.717) is 11.3 Å². The molecule has 1 aliphatic rings. The van der Waals surface area contributed by atoms with E-state index in [1.54, 1.807) is 30.3 Å². The lowest BCUT2D eigenvalue weighted by Gasteiger charge is -2.24. The molecule has 35 heavy (non-hydrogen) atoms. The zero-order valence-corrected chi connectivity index (χ0v) is 21.3. The fourth-order valence-corrected chi connectivity index (χ4v) is 4.34. The van der Waals surface area contributed by atoms with Crippen molar-refractivity contribution in [1.82, 2.24) is 15.3 Å². The van der Waals surface area contributed by atoms with Gasteiger partial charge in [-0.25, -0.2) is 5.01 Å². The number of anilines is 1. The minimum Gasteiger partial charge on any atom is -0.326 e. The van der Waals surface area contributed by atoms with Crippen molar-refractivity contribution in [3.63, 3.8) is 0 Å². The highest BCUT2D eigenvalue weighted by atomic mass is 79.9. The van der Waals surface area contributed by atoms with Gasteiger partial charge in [-0.15, -0.1) is 0 Å².